The SMILES string of the molecule is COc1ccc(N([C@H](C)C(=O)N[C@H](C)c2ccc3c(c2)OCCO3)S(C)(=O)=O)cc1. The van der Waals surface area contributed by atoms with Crippen molar-refractivity contribution in [3.63, 3.8) is 0 Å². The summed E-state index contributed by atoms with van der Waals surface area (Å²) >= 11 is 0. The van der Waals surface area contributed by atoms with Crippen molar-refractivity contribution in [1.82, 2.24) is 5.32 Å². The lowest BCUT2D eigenvalue weighted by molar-refractivity contribution is -0.122. The van der Waals surface area contributed by atoms with E-state index in [1.165, 1.54) is 7.11 Å². The van der Waals surface area contributed by atoms with Crippen LogP contribution in [0, 0.1) is 0 Å². The lowest BCUT2D eigenvalue weighted by atomic mass is 10.1. The minimum atomic E-state index is -3.70. The fourth-order valence-electron chi connectivity index (χ4n) is 3.28. The summed E-state index contributed by atoms with van der Waals surface area (Å²) in [7, 11) is -2.17. The van der Waals surface area contributed by atoms with E-state index in [9.17, 15) is 13.2 Å². The van der Waals surface area contributed by atoms with Crippen molar-refractivity contribution >= 4 is 21.6 Å². The number of sulfonamides is 1. The van der Waals surface area contributed by atoms with Gasteiger partial charge in [0, 0.05) is 0 Å². The summed E-state index contributed by atoms with van der Waals surface area (Å²) in [5.41, 5.74) is 1.21. The van der Waals surface area contributed by atoms with Gasteiger partial charge in [0.15, 0.2) is 11.5 Å². The molecule has 0 radical (unpaired) electrons. The second-order valence-corrected chi connectivity index (χ2v) is 8.93. The molecule has 1 amide bonds. The second kappa shape index (κ2) is 8.83. The van der Waals surface area contributed by atoms with E-state index in [1.807, 2.05) is 19.1 Å². The van der Waals surface area contributed by atoms with E-state index in [-0.39, 0.29) is 6.04 Å². The Kier molecular flexibility index (Phi) is 6.40. The molecule has 0 saturated heterocycles. The van der Waals surface area contributed by atoms with E-state index in [0.29, 0.717) is 36.1 Å². The monoisotopic (exact) mass is 434 g/mol. The van der Waals surface area contributed by atoms with Crippen molar-refractivity contribution in [1.29, 1.82) is 0 Å². The van der Waals surface area contributed by atoms with E-state index in [4.69, 9.17) is 14.2 Å². The number of nitrogens with one attached hydrogen (secondary N) is 1. The van der Waals surface area contributed by atoms with Crippen molar-refractivity contribution in [3.05, 3.63) is 48.0 Å². The fourth-order valence-corrected chi connectivity index (χ4v) is 4.46. The fraction of sp³-hybridized carbons (Fsp3) is 0.381. The molecule has 162 valence electrons. The van der Waals surface area contributed by atoms with Gasteiger partial charge in [-0.25, -0.2) is 8.42 Å². The second-order valence-electron chi connectivity index (χ2n) is 7.07. The van der Waals surface area contributed by atoms with Crippen LogP contribution >= 0.6 is 0 Å². The molecule has 9 heteroatoms. The normalized spacial score (nSPS) is 15.1. The summed E-state index contributed by atoms with van der Waals surface area (Å²) in [5.74, 6) is 1.47. The van der Waals surface area contributed by atoms with Crippen LogP contribution in [0.2, 0.25) is 0 Å². The molecule has 30 heavy (non-hydrogen) atoms. The zero-order valence-corrected chi connectivity index (χ0v) is 18.2. The first-order valence-corrected chi connectivity index (χ1v) is 11.4. The number of fused-ring (bicyclic) bond motifs is 1. The number of ether oxygens (including phenoxy) is 3. The lowest BCUT2D eigenvalue weighted by Crippen LogP contribution is -2.48. The number of carbonyl (C=O) groups excluding carboxylic acids is 1. The Morgan fingerprint density at radius 3 is 2.30 bits per heavy atom. The van der Waals surface area contributed by atoms with Crippen molar-refractivity contribution in [2.24, 2.45) is 0 Å². The van der Waals surface area contributed by atoms with Crippen LogP contribution in [-0.2, 0) is 14.8 Å². The van der Waals surface area contributed by atoms with Crippen LogP contribution in [0.25, 0.3) is 0 Å². The molecule has 1 heterocycles. The number of methoxy groups -OCH3 is 1. The molecule has 0 spiro atoms. The van der Waals surface area contributed by atoms with E-state index in [2.05, 4.69) is 5.32 Å². The van der Waals surface area contributed by atoms with Gasteiger partial charge in [0.2, 0.25) is 15.9 Å². The Balaban J connectivity index is 1.77. The molecular weight excluding hydrogens is 408 g/mol. The average molecular weight is 435 g/mol. The maximum absolute atomic E-state index is 12.9. The van der Waals surface area contributed by atoms with E-state index < -0.39 is 22.0 Å². The smallest absolute Gasteiger partial charge is 0.244 e. The van der Waals surface area contributed by atoms with Gasteiger partial charge in [-0.15, -0.1) is 0 Å². The number of hydrogen-bond acceptors (Lipinski definition) is 6. The van der Waals surface area contributed by atoms with Gasteiger partial charge in [-0.05, 0) is 55.8 Å². The maximum Gasteiger partial charge on any atom is 0.244 e. The minimum absolute atomic E-state index is 0.354. The first kappa shape index (κ1) is 21.8. The Morgan fingerprint density at radius 1 is 1.07 bits per heavy atom. The van der Waals surface area contributed by atoms with Crippen molar-refractivity contribution in [3.8, 4) is 17.2 Å². The van der Waals surface area contributed by atoms with E-state index in [0.717, 1.165) is 16.1 Å². The van der Waals surface area contributed by atoms with Crippen molar-refractivity contribution < 1.29 is 27.4 Å². The molecule has 8 nitrogen and oxygen atoms in total. The molecule has 0 saturated carbocycles. The quantitative estimate of drug-likeness (QED) is 0.720. The molecule has 0 aromatic heterocycles. The lowest BCUT2D eigenvalue weighted by Gasteiger charge is -2.29. The van der Waals surface area contributed by atoms with Crippen LogP contribution in [0.5, 0.6) is 17.2 Å². The molecule has 0 aliphatic carbocycles. The van der Waals surface area contributed by atoms with Gasteiger partial charge in [-0.1, -0.05) is 6.07 Å². The number of benzene rings is 2. The Hall–Kier alpha value is -2.94. The highest BCUT2D eigenvalue weighted by molar-refractivity contribution is 7.92. The summed E-state index contributed by atoms with van der Waals surface area (Å²) in [5, 5.41) is 2.88. The molecule has 3 rings (SSSR count). The number of amides is 1. The van der Waals surface area contributed by atoms with Gasteiger partial charge in [0.1, 0.15) is 25.0 Å². The van der Waals surface area contributed by atoms with Gasteiger partial charge in [-0.2, -0.15) is 0 Å². The minimum Gasteiger partial charge on any atom is -0.497 e. The number of rotatable bonds is 7. The third-order valence-corrected chi connectivity index (χ3v) is 6.08. The maximum atomic E-state index is 12.9. The Labute approximate surface area is 176 Å². The molecule has 2 aromatic carbocycles. The Bertz CT molecular complexity index is 1010. The molecule has 2 aromatic rings. The van der Waals surface area contributed by atoms with Crippen molar-refractivity contribution in [2.45, 2.75) is 25.9 Å². The van der Waals surface area contributed by atoms with Crippen LogP contribution in [-0.4, -0.2) is 46.9 Å². The summed E-state index contributed by atoms with van der Waals surface area (Å²) in [6.07, 6.45) is 1.07. The standard InChI is InChI=1S/C21H26N2O6S/c1-14(16-5-10-19-20(13-16)29-12-11-28-19)22-21(24)15(2)23(30(4,25)26)17-6-8-18(27-3)9-7-17/h5-10,13-15H,11-12H2,1-4H3,(H,22,24)/t14-,15-/m1/s1. The van der Waals surface area contributed by atoms with Crippen molar-refractivity contribution in [2.75, 3.05) is 30.9 Å². The van der Waals surface area contributed by atoms with Gasteiger partial charge in [0.05, 0.1) is 25.1 Å². The molecule has 0 unspecified atom stereocenters. The van der Waals surface area contributed by atoms with Crippen LogP contribution < -0.4 is 23.8 Å². The Morgan fingerprint density at radius 2 is 1.70 bits per heavy atom. The molecule has 0 bridgehead atoms. The van der Waals surface area contributed by atoms with Gasteiger partial charge in [0.25, 0.3) is 0 Å². The molecule has 2 atom stereocenters. The zero-order valence-electron chi connectivity index (χ0n) is 17.4. The largest absolute Gasteiger partial charge is 0.497 e. The highest BCUT2D eigenvalue weighted by Crippen LogP contribution is 2.32. The first-order chi connectivity index (χ1) is 14.2. The molecular formula is C21H26N2O6S. The topological polar surface area (TPSA) is 94.2 Å². The predicted octanol–water partition coefficient (Wildman–Crippen LogP) is 2.50. The van der Waals surface area contributed by atoms with E-state index >= 15 is 0 Å². The van der Waals surface area contributed by atoms with Gasteiger partial charge in [-0.3, -0.25) is 9.10 Å². The highest BCUT2D eigenvalue weighted by atomic mass is 32.2. The third-order valence-electron chi connectivity index (χ3n) is 4.84. The number of nitrogens with zero attached hydrogens (tertiary/aromatic N) is 1. The average Bonchev–Trinajstić information content (AvgIpc) is 2.72. The van der Waals surface area contributed by atoms with Crippen LogP contribution in [0.4, 0.5) is 5.69 Å². The molecule has 1 aliphatic rings. The van der Waals surface area contributed by atoms with Crippen LogP contribution in [0.1, 0.15) is 25.5 Å². The summed E-state index contributed by atoms with van der Waals surface area (Å²) in [4.78, 5) is 12.9. The third kappa shape index (κ3) is 4.79. The van der Waals surface area contributed by atoms with Gasteiger partial charge < -0.3 is 19.5 Å². The first-order valence-electron chi connectivity index (χ1n) is 9.54. The summed E-state index contributed by atoms with van der Waals surface area (Å²) in [6, 6.07) is 10.7. The van der Waals surface area contributed by atoms with E-state index in [1.54, 1.807) is 37.3 Å². The zero-order chi connectivity index (χ0) is 21.9. The highest BCUT2D eigenvalue weighted by Gasteiger charge is 2.30. The van der Waals surface area contributed by atoms with Crippen LogP contribution in [0.15, 0.2) is 42.5 Å². The summed E-state index contributed by atoms with van der Waals surface area (Å²) < 4.78 is 42.2. The summed E-state index contributed by atoms with van der Waals surface area (Å²) in [6.45, 7) is 4.35. The number of carbonyl (C=O) groups is 1. The molecule has 0 fully saturated rings. The molecule has 1 aliphatic heterocycles. The van der Waals surface area contributed by atoms with Gasteiger partial charge >= 0.3 is 0 Å². The molecule has 1 N–H and O–H groups in total. The number of hydrogen-bond donors (Lipinski definition) is 1. The van der Waals surface area contributed by atoms with Crippen LogP contribution in [0.3, 0.4) is 0 Å². The predicted molar refractivity (Wildman–Crippen MR) is 114 cm³/mol. The number of anilines is 1.